The van der Waals surface area contributed by atoms with Crippen molar-refractivity contribution >= 4 is 5.97 Å². The highest BCUT2D eigenvalue weighted by molar-refractivity contribution is 5.87. The van der Waals surface area contributed by atoms with E-state index in [2.05, 4.69) is 6.92 Å². The van der Waals surface area contributed by atoms with E-state index in [4.69, 9.17) is 4.74 Å². The summed E-state index contributed by atoms with van der Waals surface area (Å²) in [5.41, 5.74) is 0.724. The lowest BCUT2D eigenvalue weighted by Crippen LogP contribution is -2.20. The van der Waals surface area contributed by atoms with E-state index in [1.807, 2.05) is 32.0 Å². The largest absolute Gasteiger partial charge is 0.461 e. The number of likely N-dealkylation sites (N-methyl/N-ethyl adjacent to an activating group) is 1. The Hall–Kier alpha value is -0.830. The number of hydrogen-bond acceptors (Lipinski definition) is 3. The van der Waals surface area contributed by atoms with E-state index in [-0.39, 0.29) is 5.97 Å². The van der Waals surface area contributed by atoms with Gasteiger partial charge in [0.05, 0.1) is 0 Å². The molecule has 0 rings (SSSR count). The van der Waals surface area contributed by atoms with Gasteiger partial charge in [0.1, 0.15) is 6.61 Å². The van der Waals surface area contributed by atoms with Gasteiger partial charge in [0.25, 0.3) is 0 Å². The molecule has 0 aromatic heterocycles. The molecule has 0 amide bonds. The first kappa shape index (κ1) is 14.2. The normalized spacial score (nSPS) is 11.9. The Balaban J connectivity index is 3.73. The van der Waals surface area contributed by atoms with Crippen LogP contribution in [0, 0.1) is 0 Å². The zero-order valence-corrected chi connectivity index (χ0v) is 10.4. The number of nitrogens with zero attached hydrogens (tertiary/aromatic N) is 1. The molecular weight excluding hydrogens is 190 g/mol. The van der Waals surface area contributed by atoms with Crippen LogP contribution in [0.5, 0.6) is 0 Å². The summed E-state index contributed by atoms with van der Waals surface area (Å²) in [4.78, 5) is 13.4. The Morgan fingerprint density at radius 1 is 1.40 bits per heavy atom. The van der Waals surface area contributed by atoms with Crippen LogP contribution in [-0.4, -0.2) is 38.1 Å². The molecule has 88 valence electrons. The smallest absolute Gasteiger partial charge is 0.333 e. The summed E-state index contributed by atoms with van der Waals surface area (Å²) in [6, 6.07) is 0. The zero-order chi connectivity index (χ0) is 11.7. The minimum absolute atomic E-state index is 0.187. The third-order valence-corrected chi connectivity index (χ3v) is 2.10. The molecule has 0 unspecified atom stereocenters. The molecular formula is C12H23NO2. The van der Waals surface area contributed by atoms with E-state index in [0.29, 0.717) is 6.61 Å². The lowest BCUT2D eigenvalue weighted by molar-refractivity contribution is -0.139. The van der Waals surface area contributed by atoms with E-state index in [9.17, 15) is 4.79 Å². The van der Waals surface area contributed by atoms with Gasteiger partial charge in [0, 0.05) is 12.1 Å². The summed E-state index contributed by atoms with van der Waals surface area (Å²) < 4.78 is 5.10. The number of carbonyl (C=O) groups excluding carboxylic acids is 1. The van der Waals surface area contributed by atoms with Gasteiger partial charge in [0.2, 0.25) is 0 Å². The highest BCUT2D eigenvalue weighted by Crippen LogP contribution is 2.02. The predicted octanol–water partition coefficient (Wildman–Crippen LogP) is 2.23. The van der Waals surface area contributed by atoms with Crippen LogP contribution in [-0.2, 0) is 9.53 Å². The molecule has 3 heteroatoms. The van der Waals surface area contributed by atoms with E-state index >= 15 is 0 Å². The van der Waals surface area contributed by atoms with Crippen LogP contribution in [0.4, 0.5) is 0 Å². The minimum atomic E-state index is -0.187. The molecule has 0 spiro atoms. The number of allylic oxidation sites excluding steroid dienone is 1. The summed E-state index contributed by atoms with van der Waals surface area (Å²) >= 11 is 0. The number of unbranched alkanes of at least 4 members (excludes halogenated alkanes) is 2. The maximum absolute atomic E-state index is 11.4. The van der Waals surface area contributed by atoms with Gasteiger partial charge in [-0.25, -0.2) is 4.79 Å². The Labute approximate surface area is 93.1 Å². The van der Waals surface area contributed by atoms with Crippen molar-refractivity contribution in [1.29, 1.82) is 0 Å². The average Bonchev–Trinajstić information content (AvgIpc) is 2.17. The zero-order valence-electron chi connectivity index (χ0n) is 10.4. The van der Waals surface area contributed by atoms with Gasteiger partial charge >= 0.3 is 5.97 Å². The Bertz CT molecular complexity index is 210. The molecule has 0 saturated carbocycles. The van der Waals surface area contributed by atoms with Crippen molar-refractivity contribution < 1.29 is 9.53 Å². The van der Waals surface area contributed by atoms with Crippen molar-refractivity contribution in [1.82, 2.24) is 4.90 Å². The molecule has 0 N–H and O–H groups in total. The van der Waals surface area contributed by atoms with Crippen molar-refractivity contribution in [2.24, 2.45) is 0 Å². The Morgan fingerprint density at radius 3 is 2.60 bits per heavy atom. The summed E-state index contributed by atoms with van der Waals surface area (Å²) in [6.45, 7) is 5.19. The third kappa shape index (κ3) is 8.18. The fourth-order valence-corrected chi connectivity index (χ4v) is 1.04. The van der Waals surface area contributed by atoms with Crippen molar-refractivity contribution in [2.75, 3.05) is 27.2 Å². The summed E-state index contributed by atoms with van der Waals surface area (Å²) in [5, 5.41) is 0. The van der Waals surface area contributed by atoms with Crippen LogP contribution in [0.3, 0.4) is 0 Å². The molecule has 0 radical (unpaired) electrons. The molecule has 15 heavy (non-hydrogen) atoms. The average molecular weight is 213 g/mol. The summed E-state index contributed by atoms with van der Waals surface area (Å²) in [6.07, 6.45) is 5.20. The van der Waals surface area contributed by atoms with Crippen molar-refractivity contribution in [3.8, 4) is 0 Å². The lowest BCUT2D eigenvalue weighted by atomic mass is 10.2. The van der Waals surface area contributed by atoms with Crippen molar-refractivity contribution in [3.05, 3.63) is 11.6 Å². The molecule has 0 aromatic rings. The Kier molecular flexibility index (Phi) is 8.01. The highest BCUT2D eigenvalue weighted by Gasteiger charge is 2.04. The number of esters is 1. The van der Waals surface area contributed by atoms with Crippen molar-refractivity contribution in [3.63, 3.8) is 0 Å². The SMILES string of the molecule is CCCCC=C(C)C(=O)OCCN(C)C. The van der Waals surface area contributed by atoms with Gasteiger partial charge < -0.3 is 9.64 Å². The molecule has 0 aliphatic heterocycles. The van der Waals surface area contributed by atoms with Crippen LogP contribution < -0.4 is 0 Å². The van der Waals surface area contributed by atoms with Crippen LogP contribution in [0.1, 0.15) is 33.1 Å². The monoisotopic (exact) mass is 213 g/mol. The molecule has 0 aromatic carbocycles. The first-order valence-electron chi connectivity index (χ1n) is 5.56. The summed E-state index contributed by atoms with van der Waals surface area (Å²) in [5.74, 6) is -0.187. The molecule has 3 nitrogen and oxygen atoms in total. The lowest BCUT2D eigenvalue weighted by Gasteiger charge is -2.09. The topological polar surface area (TPSA) is 29.5 Å². The van der Waals surface area contributed by atoms with Gasteiger partial charge in [-0.05, 0) is 27.4 Å². The third-order valence-electron chi connectivity index (χ3n) is 2.10. The van der Waals surface area contributed by atoms with Crippen molar-refractivity contribution in [2.45, 2.75) is 33.1 Å². The molecule has 0 saturated heterocycles. The second-order valence-corrected chi connectivity index (χ2v) is 3.97. The first-order valence-corrected chi connectivity index (χ1v) is 5.56. The second kappa shape index (κ2) is 8.48. The fraction of sp³-hybridized carbons (Fsp3) is 0.750. The van der Waals surface area contributed by atoms with Gasteiger partial charge in [-0.3, -0.25) is 0 Å². The maximum atomic E-state index is 11.4. The Morgan fingerprint density at radius 2 is 2.07 bits per heavy atom. The fourth-order valence-electron chi connectivity index (χ4n) is 1.04. The maximum Gasteiger partial charge on any atom is 0.333 e. The first-order chi connectivity index (χ1) is 7.07. The molecule has 0 heterocycles. The second-order valence-electron chi connectivity index (χ2n) is 3.97. The van der Waals surface area contributed by atoms with Gasteiger partial charge in [-0.1, -0.05) is 25.8 Å². The van der Waals surface area contributed by atoms with E-state index in [0.717, 1.165) is 31.4 Å². The molecule has 0 aliphatic carbocycles. The van der Waals surface area contributed by atoms with E-state index in [1.165, 1.54) is 0 Å². The standard InChI is InChI=1S/C12H23NO2/c1-5-6-7-8-11(2)12(14)15-10-9-13(3)4/h8H,5-7,9-10H2,1-4H3. The van der Waals surface area contributed by atoms with Crippen LogP contribution in [0.25, 0.3) is 0 Å². The number of carbonyl (C=O) groups is 1. The molecule has 0 atom stereocenters. The number of rotatable bonds is 7. The highest BCUT2D eigenvalue weighted by atomic mass is 16.5. The quantitative estimate of drug-likeness (QED) is 0.369. The van der Waals surface area contributed by atoms with E-state index < -0.39 is 0 Å². The van der Waals surface area contributed by atoms with E-state index in [1.54, 1.807) is 0 Å². The van der Waals surface area contributed by atoms with Gasteiger partial charge in [0.15, 0.2) is 0 Å². The minimum Gasteiger partial charge on any atom is -0.461 e. The number of ether oxygens (including phenoxy) is 1. The molecule has 0 bridgehead atoms. The molecule has 0 aliphatic rings. The summed E-state index contributed by atoms with van der Waals surface area (Å²) in [7, 11) is 3.91. The van der Waals surface area contributed by atoms with Gasteiger partial charge in [-0.15, -0.1) is 0 Å². The van der Waals surface area contributed by atoms with Gasteiger partial charge in [-0.2, -0.15) is 0 Å². The number of hydrogen-bond donors (Lipinski definition) is 0. The van der Waals surface area contributed by atoms with Crippen LogP contribution in [0.2, 0.25) is 0 Å². The van der Waals surface area contributed by atoms with Crippen LogP contribution in [0.15, 0.2) is 11.6 Å². The van der Waals surface area contributed by atoms with Crippen LogP contribution >= 0.6 is 0 Å². The molecule has 0 fully saturated rings. The predicted molar refractivity (Wildman–Crippen MR) is 62.8 cm³/mol.